The van der Waals surface area contributed by atoms with E-state index in [9.17, 15) is 5.11 Å². The van der Waals surface area contributed by atoms with Gasteiger partial charge in [-0.2, -0.15) is 0 Å². The highest BCUT2D eigenvalue weighted by atomic mass is 16.3. The zero-order valence-electron chi connectivity index (χ0n) is 15.1. The molecule has 0 heterocycles. The molecule has 1 aliphatic carbocycles. The van der Waals surface area contributed by atoms with E-state index in [2.05, 4.69) is 85.4 Å². The zero-order chi connectivity index (χ0) is 15.7. The molecule has 3 unspecified atom stereocenters. The van der Waals surface area contributed by atoms with E-state index in [1.54, 1.807) is 0 Å². The van der Waals surface area contributed by atoms with Gasteiger partial charge >= 0.3 is 0 Å². The van der Waals surface area contributed by atoms with Gasteiger partial charge in [-0.25, -0.2) is 0 Å². The normalized spacial score (nSPS) is 41.3. The molecule has 0 aliphatic heterocycles. The first-order chi connectivity index (χ1) is 8.10. The molecule has 0 bridgehead atoms. The first-order valence-corrected chi connectivity index (χ1v) is 7.82. The second-order valence-electron chi connectivity index (χ2n) is 9.44. The lowest BCUT2D eigenvalue weighted by atomic mass is 9.24. The molecule has 1 saturated carbocycles. The fourth-order valence-electron chi connectivity index (χ4n) is 5.28. The largest absolute Gasteiger partial charge is 0.392 e. The van der Waals surface area contributed by atoms with Crippen LogP contribution in [-0.4, -0.2) is 89.2 Å². The van der Waals surface area contributed by atoms with Crippen molar-refractivity contribution in [2.24, 2.45) is 0 Å². The highest BCUT2D eigenvalue weighted by molar-refractivity contribution is 6.61. The Labute approximate surface area is 129 Å². The summed E-state index contributed by atoms with van der Waals surface area (Å²) in [5, 5.41) is 11.8. The molecule has 3 atom stereocenters. The molecule has 0 radical (unpaired) electrons. The van der Waals surface area contributed by atoms with Gasteiger partial charge < -0.3 is 5.11 Å². The molecule has 1 rings (SSSR count). The second kappa shape index (κ2) is 4.31. The van der Waals surface area contributed by atoms with Crippen molar-refractivity contribution in [3.05, 3.63) is 0 Å². The van der Waals surface area contributed by atoms with E-state index in [0.717, 1.165) is 0 Å². The molecule has 0 aromatic rings. The average Bonchev–Trinajstić information content (AvgIpc) is 2.29. The van der Waals surface area contributed by atoms with Crippen molar-refractivity contribution in [2.45, 2.75) is 45.0 Å². The maximum Gasteiger partial charge on any atom is 0.111 e. The van der Waals surface area contributed by atoms with Gasteiger partial charge in [0.05, 0.1) is 47.1 Å². The van der Waals surface area contributed by atoms with Crippen molar-refractivity contribution in [2.75, 3.05) is 0 Å². The molecule has 0 aromatic carbocycles. The summed E-state index contributed by atoms with van der Waals surface area (Å²) >= 11 is 0. The van der Waals surface area contributed by atoms with Crippen LogP contribution in [0.5, 0.6) is 0 Å². The maximum absolute atomic E-state index is 11.9. The Hall–Kier alpha value is 0.609. The Balaban J connectivity index is 3.73. The van der Waals surface area contributed by atoms with E-state index < -0.39 is 5.60 Å². The van der Waals surface area contributed by atoms with Crippen LogP contribution in [0, 0.1) is 0 Å². The van der Waals surface area contributed by atoms with E-state index in [-0.39, 0.29) is 26.7 Å². The minimum Gasteiger partial charge on any atom is -0.392 e. The number of hydrogen-bond acceptors (Lipinski definition) is 1. The van der Waals surface area contributed by atoms with Gasteiger partial charge in [-0.05, 0) is 5.31 Å². The van der Waals surface area contributed by atoms with Crippen LogP contribution >= 0.6 is 0 Å². The van der Waals surface area contributed by atoms with Crippen LogP contribution in [0.15, 0.2) is 0 Å². The summed E-state index contributed by atoms with van der Waals surface area (Å²) in [6.07, 6.45) is 0. The fourth-order valence-corrected chi connectivity index (χ4v) is 5.28. The van der Waals surface area contributed by atoms with Crippen LogP contribution in [0.25, 0.3) is 0 Å². The Bertz CT molecular complexity index is 374. The number of aliphatic hydroxyl groups is 1. The summed E-state index contributed by atoms with van der Waals surface area (Å²) in [6.45, 7) is 2.29. The molecule has 0 amide bonds. The van der Waals surface area contributed by atoms with Gasteiger partial charge in [0.1, 0.15) is 31.4 Å². The molecule has 1 aliphatic rings. The van der Waals surface area contributed by atoms with Gasteiger partial charge in [-0.1, -0.05) is 34.1 Å². The van der Waals surface area contributed by atoms with Gasteiger partial charge in [0.2, 0.25) is 0 Å². The van der Waals surface area contributed by atoms with E-state index in [0.29, 0.717) is 5.82 Å². The third kappa shape index (κ3) is 1.72. The van der Waals surface area contributed by atoms with Crippen molar-refractivity contribution < 1.29 is 5.11 Å². The summed E-state index contributed by atoms with van der Waals surface area (Å²) in [7, 11) is 22.8. The second-order valence-corrected chi connectivity index (χ2v) is 9.44. The highest BCUT2D eigenvalue weighted by Gasteiger charge is 2.73. The topological polar surface area (TPSA) is 20.2 Å². The molecule has 0 aromatic heterocycles. The van der Waals surface area contributed by atoms with Crippen molar-refractivity contribution in [3.8, 4) is 0 Å². The molecule has 0 saturated heterocycles. The molecule has 0 spiro atoms. The quantitative estimate of drug-likeness (QED) is 0.480. The molecule has 1 nitrogen and oxygen atoms in total. The Kier molecular flexibility index (Phi) is 4.00. The van der Waals surface area contributed by atoms with Gasteiger partial charge in [-0.3, -0.25) is 0 Å². The standard InChI is InChI=1S/C8H26B10O/c1-4(12,13)5(14)2(9)7(15,16)8(17,18)6(5,19)3(10)11/h2-3,19H,9-18H2,1H3. The Morgan fingerprint density at radius 3 is 1.63 bits per heavy atom. The predicted molar refractivity (Wildman–Crippen MR) is 114 cm³/mol. The summed E-state index contributed by atoms with van der Waals surface area (Å²) < 4.78 is 0. The van der Waals surface area contributed by atoms with E-state index in [4.69, 9.17) is 0 Å². The van der Waals surface area contributed by atoms with E-state index in [1.165, 1.54) is 0 Å². The van der Waals surface area contributed by atoms with Gasteiger partial charge in [0, 0.05) is 5.60 Å². The predicted octanol–water partition coefficient (Wildman–Crippen LogP) is -7.88. The van der Waals surface area contributed by atoms with Crippen LogP contribution in [0.3, 0.4) is 0 Å². The van der Waals surface area contributed by atoms with E-state index >= 15 is 0 Å². The lowest BCUT2D eigenvalue weighted by Crippen LogP contribution is -2.57. The minimum absolute atomic E-state index is 0.0659. The summed E-state index contributed by atoms with van der Waals surface area (Å²) in [5.41, 5.74) is -0.419. The van der Waals surface area contributed by atoms with Gasteiger partial charge in [0.15, 0.2) is 0 Å². The van der Waals surface area contributed by atoms with Crippen molar-refractivity contribution >= 4 is 78.5 Å². The van der Waals surface area contributed by atoms with Gasteiger partial charge in [-0.15, -0.1) is 0 Å². The maximum atomic E-state index is 11.9. The first kappa shape index (κ1) is 17.7. The van der Waals surface area contributed by atoms with Crippen molar-refractivity contribution in [1.82, 2.24) is 0 Å². The van der Waals surface area contributed by atoms with E-state index in [1.807, 2.05) is 0 Å². The average molecular weight is 246 g/mol. The summed E-state index contributed by atoms with van der Waals surface area (Å²) in [5.74, 6) is 0.461. The molecule has 94 valence electrons. The SMILES string of the molecule is BC1C(B)(B)C(B)(B)C(O)(C(B)B)C1(B)C(B)(B)C. The monoisotopic (exact) mass is 248 g/mol. The Morgan fingerprint density at radius 2 is 1.42 bits per heavy atom. The number of rotatable bonds is 2. The molecule has 1 fully saturated rings. The number of hydrogen-bond donors (Lipinski definition) is 1. The zero-order valence-corrected chi connectivity index (χ0v) is 15.1. The van der Waals surface area contributed by atoms with Crippen LogP contribution in [0.2, 0.25) is 32.5 Å². The smallest absolute Gasteiger partial charge is 0.111 e. The molecule has 1 N–H and O–H groups in total. The first-order valence-electron chi connectivity index (χ1n) is 7.82. The lowest BCUT2D eigenvalue weighted by molar-refractivity contribution is 0.00701. The third-order valence-electron chi connectivity index (χ3n) is 7.70. The van der Waals surface area contributed by atoms with Gasteiger partial charge in [0.25, 0.3) is 0 Å². The summed E-state index contributed by atoms with van der Waals surface area (Å²) in [4.78, 5) is 0. The highest BCUT2D eigenvalue weighted by Crippen LogP contribution is 2.82. The molecular formula is C8H26B10O. The van der Waals surface area contributed by atoms with Crippen molar-refractivity contribution in [3.63, 3.8) is 0 Å². The summed E-state index contributed by atoms with van der Waals surface area (Å²) in [6, 6.07) is 0. The van der Waals surface area contributed by atoms with Crippen LogP contribution in [0.4, 0.5) is 0 Å². The molecular weight excluding hydrogens is 220 g/mol. The van der Waals surface area contributed by atoms with Crippen LogP contribution < -0.4 is 0 Å². The van der Waals surface area contributed by atoms with Crippen LogP contribution in [0.1, 0.15) is 6.92 Å². The van der Waals surface area contributed by atoms with Crippen LogP contribution in [-0.2, 0) is 0 Å². The lowest BCUT2D eigenvalue weighted by Gasteiger charge is -2.59. The fraction of sp³-hybridized carbons (Fsp3) is 1.00. The Morgan fingerprint density at radius 1 is 1.05 bits per heavy atom. The third-order valence-corrected chi connectivity index (χ3v) is 7.70. The molecule has 11 heteroatoms. The van der Waals surface area contributed by atoms with Crippen molar-refractivity contribution in [1.29, 1.82) is 0 Å². The molecule has 19 heavy (non-hydrogen) atoms. The minimum atomic E-state index is -0.666.